The quantitative estimate of drug-likeness (QED) is 0.724. The molecule has 82 valence electrons. The van der Waals surface area contributed by atoms with E-state index in [4.69, 9.17) is 5.73 Å². The van der Waals surface area contributed by atoms with Gasteiger partial charge in [-0.15, -0.1) is 0 Å². The molecule has 0 atom stereocenters. The number of urea groups is 1. The highest BCUT2D eigenvalue weighted by atomic mass is 79.9. The number of carbonyl (C=O) groups excluding carboxylic acids is 1. The van der Waals surface area contributed by atoms with E-state index < -0.39 is 0 Å². The van der Waals surface area contributed by atoms with Gasteiger partial charge in [0.25, 0.3) is 0 Å². The van der Waals surface area contributed by atoms with Gasteiger partial charge in [0.2, 0.25) is 0 Å². The molecule has 0 radical (unpaired) electrons. The molecule has 0 aromatic heterocycles. The second kappa shape index (κ2) is 5.02. The van der Waals surface area contributed by atoms with Crippen molar-refractivity contribution in [3.8, 4) is 0 Å². The van der Waals surface area contributed by atoms with Gasteiger partial charge in [-0.25, -0.2) is 4.79 Å². The van der Waals surface area contributed by atoms with Crippen molar-refractivity contribution in [3.05, 3.63) is 22.2 Å². The maximum Gasteiger partial charge on any atom is 0.319 e. The Morgan fingerprint density at radius 3 is 2.73 bits per heavy atom. The molecule has 0 heterocycles. The monoisotopic (exact) mass is 271 g/mol. The average Bonchev–Trinajstić information content (AvgIpc) is 2.11. The van der Waals surface area contributed by atoms with Crippen LogP contribution in [0.3, 0.4) is 0 Å². The topological polar surface area (TPSA) is 67.2 Å². The molecule has 5 heteroatoms. The van der Waals surface area contributed by atoms with E-state index in [9.17, 15) is 4.79 Å². The van der Waals surface area contributed by atoms with Crippen LogP contribution in [0.1, 0.15) is 12.5 Å². The van der Waals surface area contributed by atoms with Gasteiger partial charge in [0.05, 0.1) is 11.4 Å². The Morgan fingerprint density at radius 1 is 1.53 bits per heavy atom. The van der Waals surface area contributed by atoms with Crippen LogP contribution in [-0.4, -0.2) is 12.6 Å². The summed E-state index contributed by atoms with van der Waals surface area (Å²) in [6.07, 6.45) is 0. The van der Waals surface area contributed by atoms with Crippen LogP contribution in [0.15, 0.2) is 16.6 Å². The van der Waals surface area contributed by atoms with Crippen molar-refractivity contribution in [3.63, 3.8) is 0 Å². The molecule has 1 aromatic carbocycles. The number of benzene rings is 1. The normalized spacial score (nSPS) is 9.80. The van der Waals surface area contributed by atoms with Crippen LogP contribution in [0.25, 0.3) is 0 Å². The predicted molar refractivity (Wildman–Crippen MR) is 66.0 cm³/mol. The van der Waals surface area contributed by atoms with Crippen molar-refractivity contribution in [1.29, 1.82) is 0 Å². The zero-order chi connectivity index (χ0) is 11.4. The number of hydrogen-bond acceptors (Lipinski definition) is 2. The summed E-state index contributed by atoms with van der Waals surface area (Å²) in [5.74, 6) is 0. The Kier molecular flexibility index (Phi) is 3.96. The number of nitrogens with two attached hydrogens (primary N) is 1. The molecule has 0 aliphatic rings. The van der Waals surface area contributed by atoms with E-state index in [-0.39, 0.29) is 6.03 Å². The van der Waals surface area contributed by atoms with Gasteiger partial charge < -0.3 is 16.4 Å². The molecule has 0 aliphatic heterocycles. The fourth-order valence-corrected chi connectivity index (χ4v) is 1.91. The van der Waals surface area contributed by atoms with Crippen molar-refractivity contribution in [2.45, 2.75) is 13.8 Å². The third kappa shape index (κ3) is 3.13. The molecule has 1 aromatic rings. The summed E-state index contributed by atoms with van der Waals surface area (Å²) in [4.78, 5) is 11.3. The SMILES string of the molecule is CCNC(=O)Nc1c(N)cc(C)cc1Br. The fourth-order valence-electron chi connectivity index (χ4n) is 1.22. The maximum atomic E-state index is 11.3. The summed E-state index contributed by atoms with van der Waals surface area (Å²) in [5, 5.41) is 5.32. The number of nitrogen functional groups attached to an aromatic ring is 1. The molecule has 0 bridgehead atoms. The molecule has 0 fully saturated rings. The Bertz CT molecular complexity index is 356. The lowest BCUT2D eigenvalue weighted by Crippen LogP contribution is -2.28. The number of aryl methyl sites for hydroxylation is 1. The molecule has 0 spiro atoms. The summed E-state index contributed by atoms with van der Waals surface area (Å²) in [5.41, 5.74) is 7.99. The lowest BCUT2D eigenvalue weighted by Gasteiger charge is -2.11. The molecule has 4 N–H and O–H groups in total. The van der Waals surface area contributed by atoms with Crippen LogP contribution < -0.4 is 16.4 Å². The number of hydrogen-bond donors (Lipinski definition) is 3. The van der Waals surface area contributed by atoms with Gasteiger partial charge in [0.15, 0.2) is 0 Å². The van der Waals surface area contributed by atoms with Crippen LogP contribution in [0.2, 0.25) is 0 Å². The molecule has 15 heavy (non-hydrogen) atoms. The van der Waals surface area contributed by atoms with Crippen LogP contribution >= 0.6 is 15.9 Å². The van der Waals surface area contributed by atoms with Gasteiger partial charge in [-0.2, -0.15) is 0 Å². The molecular formula is C10H14BrN3O. The minimum atomic E-state index is -0.256. The van der Waals surface area contributed by atoms with Gasteiger partial charge in [-0.3, -0.25) is 0 Å². The zero-order valence-corrected chi connectivity index (χ0v) is 10.3. The first-order valence-corrected chi connectivity index (χ1v) is 5.44. The largest absolute Gasteiger partial charge is 0.397 e. The van der Waals surface area contributed by atoms with Crippen LogP contribution in [0, 0.1) is 6.92 Å². The molecule has 0 saturated carbocycles. The van der Waals surface area contributed by atoms with E-state index in [0.717, 1.165) is 10.0 Å². The van der Waals surface area contributed by atoms with Crippen molar-refractivity contribution in [1.82, 2.24) is 5.32 Å². The Morgan fingerprint density at radius 2 is 2.20 bits per heavy atom. The standard InChI is InChI=1S/C10H14BrN3O/c1-3-13-10(15)14-9-7(11)4-6(2)5-8(9)12/h4-5H,3,12H2,1-2H3,(H2,13,14,15). The summed E-state index contributed by atoms with van der Waals surface area (Å²) in [6.45, 7) is 4.37. The third-order valence-electron chi connectivity index (χ3n) is 1.84. The van der Waals surface area contributed by atoms with Crippen LogP contribution in [0.4, 0.5) is 16.2 Å². The Balaban J connectivity index is 2.90. The average molecular weight is 272 g/mol. The minimum absolute atomic E-state index is 0.256. The third-order valence-corrected chi connectivity index (χ3v) is 2.47. The van der Waals surface area contributed by atoms with Crippen molar-refractivity contribution in [2.24, 2.45) is 0 Å². The highest BCUT2D eigenvalue weighted by Gasteiger charge is 2.08. The van der Waals surface area contributed by atoms with E-state index in [1.807, 2.05) is 26.0 Å². The summed E-state index contributed by atoms with van der Waals surface area (Å²) in [6, 6.07) is 3.46. The lowest BCUT2D eigenvalue weighted by atomic mass is 10.2. The zero-order valence-electron chi connectivity index (χ0n) is 8.73. The summed E-state index contributed by atoms with van der Waals surface area (Å²) in [7, 11) is 0. The number of rotatable bonds is 2. The Hall–Kier alpha value is -1.23. The van der Waals surface area contributed by atoms with Crippen molar-refractivity contribution in [2.75, 3.05) is 17.6 Å². The van der Waals surface area contributed by atoms with Gasteiger partial charge in [0.1, 0.15) is 0 Å². The van der Waals surface area contributed by atoms with Gasteiger partial charge in [0, 0.05) is 11.0 Å². The van der Waals surface area contributed by atoms with Crippen molar-refractivity contribution < 1.29 is 4.79 Å². The van der Waals surface area contributed by atoms with E-state index >= 15 is 0 Å². The molecular weight excluding hydrogens is 258 g/mol. The molecule has 4 nitrogen and oxygen atoms in total. The highest BCUT2D eigenvalue weighted by Crippen LogP contribution is 2.29. The van der Waals surface area contributed by atoms with E-state index in [1.165, 1.54) is 0 Å². The maximum absolute atomic E-state index is 11.3. The summed E-state index contributed by atoms with van der Waals surface area (Å²) >= 11 is 3.36. The molecule has 2 amide bonds. The van der Waals surface area contributed by atoms with E-state index in [1.54, 1.807) is 0 Å². The first-order valence-electron chi connectivity index (χ1n) is 4.65. The first kappa shape index (κ1) is 11.8. The molecule has 0 aliphatic carbocycles. The highest BCUT2D eigenvalue weighted by molar-refractivity contribution is 9.10. The van der Waals surface area contributed by atoms with Gasteiger partial charge in [-0.1, -0.05) is 0 Å². The number of halogens is 1. The van der Waals surface area contributed by atoms with Gasteiger partial charge >= 0.3 is 6.03 Å². The predicted octanol–water partition coefficient (Wildman–Crippen LogP) is 2.48. The van der Waals surface area contributed by atoms with Crippen LogP contribution in [0.5, 0.6) is 0 Å². The second-order valence-electron chi connectivity index (χ2n) is 3.20. The second-order valence-corrected chi connectivity index (χ2v) is 4.05. The number of anilines is 2. The van der Waals surface area contributed by atoms with E-state index in [2.05, 4.69) is 26.6 Å². The Labute approximate surface area is 97.4 Å². The van der Waals surface area contributed by atoms with Gasteiger partial charge in [-0.05, 0) is 47.5 Å². The molecule has 0 unspecified atom stereocenters. The lowest BCUT2D eigenvalue weighted by molar-refractivity contribution is 0.252. The minimum Gasteiger partial charge on any atom is -0.397 e. The number of nitrogens with one attached hydrogen (secondary N) is 2. The van der Waals surface area contributed by atoms with E-state index in [0.29, 0.717) is 17.9 Å². The smallest absolute Gasteiger partial charge is 0.319 e. The number of amides is 2. The molecule has 1 rings (SSSR count). The summed E-state index contributed by atoms with van der Waals surface area (Å²) < 4.78 is 0.784. The fraction of sp³-hybridized carbons (Fsp3) is 0.300. The van der Waals surface area contributed by atoms with Crippen molar-refractivity contribution >= 4 is 33.3 Å². The van der Waals surface area contributed by atoms with Crippen LogP contribution in [-0.2, 0) is 0 Å². The number of carbonyl (C=O) groups is 1. The molecule has 0 saturated heterocycles. The first-order chi connectivity index (χ1) is 7.04.